The highest BCUT2D eigenvalue weighted by atomic mass is 16.8. The maximum atomic E-state index is 11.1. The topological polar surface area (TPSA) is 66.5 Å². The van der Waals surface area contributed by atoms with Gasteiger partial charge in [-0.15, -0.1) is 0 Å². The van der Waals surface area contributed by atoms with Crippen LogP contribution < -0.4 is 0 Å². The minimum atomic E-state index is -0.409. The van der Waals surface area contributed by atoms with Crippen LogP contribution in [0.3, 0.4) is 0 Å². The number of carbonyl (C=O) groups is 1. The summed E-state index contributed by atoms with van der Waals surface area (Å²) in [6.45, 7) is 6.81. The van der Waals surface area contributed by atoms with Crippen molar-refractivity contribution >= 4 is 5.97 Å². The summed E-state index contributed by atoms with van der Waals surface area (Å²) in [5.41, 5.74) is -0.409. The quantitative estimate of drug-likeness (QED) is 0.546. The largest absolute Gasteiger partial charge is 0.463 e. The number of fused-ring (bicyclic) bond motifs is 3. The molecule has 21 heavy (non-hydrogen) atoms. The van der Waals surface area contributed by atoms with Crippen molar-refractivity contribution in [3.63, 3.8) is 0 Å². The van der Waals surface area contributed by atoms with Gasteiger partial charge < -0.3 is 23.7 Å². The number of esters is 1. The van der Waals surface area contributed by atoms with Gasteiger partial charge in [-0.2, -0.15) is 0 Å². The second kappa shape index (κ2) is 5.83. The van der Waals surface area contributed by atoms with Crippen LogP contribution in [-0.2, 0) is 28.5 Å². The molecule has 0 aromatic heterocycles. The summed E-state index contributed by atoms with van der Waals surface area (Å²) < 4.78 is 28.4. The molecule has 2 aliphatic heterocycles. The third kappa shape index (κ3) is 2.70. The van der Waals surface area contributed by atoms with Crippen molar-refractivity contribution < 1.29 is 28.5 Å². The highest BCUT2D eigenvalue weighted by Crippen LogP contribution is 2.61. The van der Waals surface area contributed by atoms with Gasteiger partial charge in [0, 0.05) is 32.5 Å². The fourth-order valence-electron chi connectivity index (χ4n) is 3.86. The minimum Gasteiger partial charge on any atom is -0.463 e. The second-order valence-electron chi connectivity index (χ2n) is 5.94. The van der Waals surface area contributed by atoms with E-state index in [1.807, 2.05) is 13.8 Å². The summed E-state index contributed by atoms with van der Waals surface area (Å²) in [4.78, 5) is 11.1. The predicted octanol–water partition coefficient (Wildman–Crippen LogP) is 1.47. The Morgan fingerprint density at radius 2 is 2.00 bits per heavy atom. The molecule has 2 saturated heterocycles. The minimum absolute atomic E-state index is 0.110. The summed E-state index contributed by atoms with van der Waals surface area (Å²) in [6, 6.07) is 0. The van der Waals surface area contributed by atoms with Crippen molar-refractivity contribution in [3.05, 3.63) is 0 Å². The van der Waals surface area contributed by atoms with E-state index in [2.05, 4.69) is 0 Å². The number of hydrogen-bond acceptors (Lipinski definition) is 6. The Labute approximate surface area is 125 Å². The van der Waals surface area contributed by atoms with Crippen LogP contribution in [0.25, 0.3) is 0 Å². The molecule has 0 spiro atoms. The maximum Gasteiger partial charge on any atom is 0.302 e. The first-order valence-corrected chi connectivity index (χ1v) is 7.80. The second-order valence-corrected chi connectivity index (χ2v) is 5.94. The van der Waals surface area contributed by atoms with E-state index in [0.717, 1.165) is 12.8 Å². The van der Waals surface area contributed by atoms with E-state index in [1.54, 1.807) is 0 Å². The van der Waals surface area contributed by atoms with Crippen LogP contribution in [0.15, 0.2) is 0 Å². The summed E-state index contributed by atoms with van der Waals surface area (Å²) in [7, 11) is 0. The van der Waals surface area contributed by atoms with Gasteiger partial charge in [-0.3, -0.25) is 4.79 Å². The Bertz CT molecular complexity index is 400. The van der Waals surface area contributed by atoms with Gasteiger partial charge in [0.05, 0.1) is 6.10 Å². The van der Waals surface area contributed by atoms with Crippen LogP contribution in [0.1, 0.15) is 33.6 Å². The highest BCUT2D eigenvalue weighted by Gasteiger charge is 2.73. The molecule has 6 atom stereocenters. The normalized spacial score (nSPS) is 44.0. The first-order valence-electron chi connectivity index (χ1n) is 7.80. The van der Waals surface area contributed by atoms with Crippen molar-refractivity contribution in [2.45, 2.75) is 57.9 Å². The molecule has 0 aromatic carbocycles. The lowest BCUT2D eigenvalue weighted by molar-refractivity contribution is -0.304. The highest BCUT2D eigenvalue weighted by molar-refractivity contribution is 5.66. The van der Waals surface area contributed by atoms with Gasteiger partial charge in [0.15, 0.2) is 12.6 Å². The Hall–Kier alpha value is -0.690. The molecule has 2 heterocycles. The van der Waals surface area contributed by atoms with Crippen LogP contribution in [0.4, 0.5) is 0 Å². The van der Waals surface area contributed by atoms with E-state index in [1.165, 1.54) is 6.92 Å². The van der Waals surface area contributed by atoms with E-state index < -0.39 is 5.60 Å². The average molecular weight is 300 g/mol. The third-order valence-electron chi connectivity index (χ3n) is 4.70. The molecular formula is C15H24O6. The van der Waals surface area contributed by atoms with E-state index in [-0.39, 0.29) is 30.6 Å². The van der Waals surface area contributed by atoms with E-state index in [0.29, 0.717) is 25.7 Å². The van der Waals surface area contributed by atoms with Crippen LogP contribution in [0.5, 0.6) is 0 Å². The summed E-state index contributed by atoms with van der Waals surface area (Å²) >= 11 is 0. The Balaban J connectivity index is 1.72. The zero-order chi connectivity index (χ0) is 15.0. The smallest absolute Gasteiger partial charge is 0.302 e. The lowest BCUT2D eigenvalue weighted by atomic mass is 9.83. The maximum absolute atomic E-state index is 11.1. The fourth-order valence-corrected chi connectivity index (χ4v) is 3.86. The van der Waals surface area contributed by atoms with Gasteiger partial charge in [0.25, 0.3) is 0 Å². The molecule has 0 N–H and O–H groups in total. The van der Waals surface area contributed by atoms with Crippen LogP contribution in [0, 0.1) is 11.8 Å². The Morgan fingerprint density at radius 1 is 1.24 bits per heavy atom. The Kier molecular flexibility index (Phi) is 4.23. The molecule has 120 valence electrons. The van der Waals surface area contributed by atoms with Crippen molar-refractivity contribution in [2.75, 3.05) is 19.8 Å². The number of carbonyl (C=O) groups excluding carboxylic acids is 1. The zero-order valence-electron chi connectivity index (χ0n) is 12.9. The number of epoxide rings is 1. The van der Waals surface area contributed by atoms with Crippen molar-refractivity contribution in [1.82, 2.24) is 0 Å². The van der Waals surface area contributed by atoms with Gasteiger partial charge in [0.1, 0.15) is 12.2 Å². The fraction of sp³-hybridized carbons (Fsp3) is 0.933. The van der Waals surface area contributed by atoms with Gasteiger partial charge in [-0.25, -0.2) is 0 Å². The molecule has 0 bridgehead atoms. The SMILES string of the molecule is CCOC1C[C@H]2C[C@H]3O[C@@]3(COC(C)=O)[C@H]2C(OCC)O1. The monoisotopic (exact) mass is 300 g/mol. The molecule has 0 radical (unpaired) electrons. The van der Waals surface area contributed by atoms with Crippen LogP contribution in [-0.4, -0.2) is 50.1 Å². The van der Waals surface area contributed by atoms with E-state index in [9.17, 15) is 4.79 Å². The zero-order valence-corrected chi connectivity index (χ0v) is 12.9. The van der Waals surface area contributed by atoms with Gasteiger partial charge in [-0.1, -0.05) is 0 Å². The third-order valence-corrected chi connectivity index (χ3v) is 4.70. The van der Waals surface area contributed by atoms with Crippen molar-refractivity contribution in [3.8, 4) is 0 Å². The number of rotatable bonds is 6. The molecule has 0 amide bonds. The average Bonchev–Trinajstić information content (AvgIpc) is 3.03. The molecule has 1 saturated carbocycles. The summed E-state index contributed by atoms with van der Waals surface area (Å²) in [5.74, 6) is 0.263. The molecular weight excluding hydrogens is 276 g/mol. The molecule has 2 unspecified atom stereocenters. The van der Waals surface area contributed by atoms with Gasteiger partial charge >= 0.3 is 5.97 Å². The molecule has 0 aromatic rings. The first-order chi connectivity index (χ1) is 10.1. The molecule has 1 aliphatic carbocycles. The van der Waals surface area contributed by atoms with Crippen LogP contribution >= 0.6 is 0 Å². The molecule has 3 aliphatic rings. The lowest BCUT2D eigenvalue weighted by Gasteiger charge is -2.41. The van der Waals surface area contributed by atoms with Crippen molar-refractivity contribution in [2.24, 2.45) is 11.8 Å². The first kappa shape index (κ1) is 15.2. The van der Waals surface area contributed by atoms with Gasteiger partial charge in [-0.05, 0) is 26.2 Å². The standard InChI is InChI=1S/C15H24O6/c1-4-17-12-7-10-6-11-15(21-11,8-19-9(3)16)13(10)14(20-12)18-5-2/h10-14H,4-8H2,1-3H3/t10-,11-,12?,13-,14?,15-/m1/s1. The number of ether oxygens (including phenoxy) is 5. The molecule has 6 heteroatoms. The molecule has 6 nitrogen and oxygen atoms in total. The van der Waals surface area contributed by atoms with Gasteiger partial charge in [0.2, 0.25) is 0 Å². The van der Waals surface area contributed by atoms with E-state index >= 15 is 0 Å². The van der Waals surface area contributed by atoms with E-state index in [4.69, 9.17) is 23.7 Å². The summed E-state index contributed by atoms with van der Waals surface area (Å²) in [6.07, 6.45) is 1.40. The summed E-state index contributed by atoms with van der Waals surface area (Å²) in [5, 5.41) is 0. The molecule has 3 rings (SSSR count). The molecule has 3 fully saturated rings. The lowest BCUT2D eigenvalue weighted by Crippen LogP contribution is -2.49. The number of hydrogen-bond donors (Lipinski definition) is 0. The predicted molar refractivity (Wildman–Crippen MR) is 72.4 cm³/mol. The van der Waals surface area contributed by atoms with Crippen molar-refractivity contribution in [1.29, 1.82) is 0 Å². The van der Waals surface area contributed by atoms with Crippen LogP contribution in [0.2, 0.25) is 0 Å². The Morgan fingerprint density at radius 3 is 2.67 bits per heavy atom.